The minimum Gasteiger partial charge on any atom is -0.368 e. The monoisotopic (exact) mass is 427 g/mol. The van der Waals surface area contributed by atoms with E-state index >= 15 is 0 Å². The summed E-state index contributed by atoms with van der Waals surface area (Å²) in [5.74, 6) is -1.27. The van der Waals surface area contributed by atoms with E-state index in [0.29, 0.717) is 45.4 Å². The summed E-state index contributed by atoms with van der Waals surface area (Å²) in [4.78, 5) is 44.9. The van der Waals surface area contributed by atoms with Crippen LogP contribution in [0.3, 0.4) is 0 Å². The van der Waals surface area contributed by atoms with Gasteiger partial charge < -0.3 is 9.80 Å². The summed E-state index contributed by atoms with van der Waals surface area (Å²) in [6, 6.07) is 5.62. The first-order valence-corrected chi connectivity index (χ1v) is 11.2. The Morgan fingerprint density at radius 1 is 0.968 bits per heavy atom. The number of amides is 3. The minimum atomic E-state index is -0.733. The molecule has 1 aromatic carbocycles. The summed E-state index contributed by atoms with van der Waals surface area (Å²) in [5, 5.41) is 0. The molecule has 6 nitrogen and oxygen atoms in total. The second-order valence-electron chi connectivity index (χ2n) is 9.14. The number of allylic oxidation sites excluding steroid dienone is 2. The zero-order valence-corrected chi connectivity index (χ0v) is 18.2. The Morgan fingerprint density at radius 3 is 2.03 bits per heavy atom. The lowest BCUT2D eigenvalue weighted by atomic mass is 9.85. The van der Waals surface area contributed by atoms with Gasteiger partial charge in [-0.15, -0.1) is 0 Å². The largest absolute Gasteiger partial charge is 0.368 e. The molecule has 0 unspecified atom stereocenters. The van der Waals surface area contributed by atoms with E-state index in [1.807, 2.05) is 26.0 Å². The van der Waals surface area contributed by atoms with Gasteiger partial charge >= 0.3 is 0 Å². The van der Waals surface area contributed by atoms with E-state index in [4.69, 9.17) is 0 Å². The van der Waals surface area contributed by atoms with Crippen LogP contribution in [0, 0.1) is 23.6 Å². The maximum atomic E-state index is 13.5. The van der Waals surface area contributed by atoms with Crippen molar-refractivity contribution in [1.29, 1.82) is 0 Å². The zero-order valence-electron chi connectivity index (χ0n) is 18.2. The molecule has 3 amide bonds. The molecule has 1 aliphatic carbocycles. The third-order valence-corrected chi connectivity index (χ3v) is 6.62. The van der Waals surface area contributed by atoms with E-state index in [2.05, 4.69) is 4.90 Å². The van der Waals surface area contributed by atoms with Crippen LogP contribution in [0.4, 0.5) is 10.1 Å². The van der Waals surface area contributed by atoms with Gasteiger partial charge in [-0.3, -0.25) is 19.3 Å². The fourth-order valence-corrected chi connectivity index (χ4v) is 4.94. The molecule has 0 bridgehead atoms. The number of nitrogens with zero attached hydrogens (tertiary/aromatic N) is 3. The van der Waals surface area contributed by atoms with Crippen molar-refractivity contribution in [3.63, 3.8) is 0 Å². The molecule has 31 heavy (non-hydrogen) atoms. The second-order valence-corrected chi connectivity index (χ2v) is 9.14. The normalized spacial score (nSPS) is 24.7. The predicted molar refractivity (Wildman–Crippen MR) is 116 cm³/mol. The number of carbonyl (C=O) groups excluding carboxylic acids is 3. The molecule has 0 aromatic heterocycles. The van der Waals surface area contributed by atoms with Gasteiger partial charge in [0.25, 0.3) is 0 Å². The van der Waals surface area contributed by atoms with Crippen LogP contribution in [-0.2, 0) is 14.4 Å². The predicted octanol–water partition coefficient (Wildman–Crippen LogP) is 2.84. The number of halogens is 1. The number of likely N-dealkylation sites (tertiary alicyclic amines) is 1. The Labute approximate surface area is 182 Å². The van der Waals surface area contributed by atoms with Crippen molar-refractivity contribution in [2.45, 2.75) is 39.2 Å². The van der Waals surface area contributed by atoms with E-state index < -0.39 is 6.04 Å². The third kappa shape index (κ3) is 4.23. The first kappa shape index (κ1) is 21.5. The Kier molecular flexibility index (Phi) is 6.12. The highest BCUT2D eigenvalue weighted by Gasteiger charge is 2.51. The van der Waals surface area contributed by atoms with Gasteiger partial charge in [-0.25, -0.2) is 4.39 Å². The van der Waals surface area contributed by atoms with Gasteiger partial charge in [0.05, 0.1) is 11.8 Å². The van der Waals surface area contributed by atoms with Gasteiger partial charge in [-0.2, -0.15) is 0 Å². The maximum absolute atomic E-state index is 13.5. The van der Waals surface area contributed by atoms with Crippen LogP contribution >= 0.6 is 0 Å². The van der Waals surface area contributed by atoms with Crippen LogP contribution < -0.4 is 4.90 Å². The highest BCUT2D eigenvalue weighted by molar-refractivity contribution is 6.08. The van der Waals surface area contributed by atoms with E-state index in [1.165, 1.54) is 17.0 Å². The topological polar surface area (TPSA) is 60.9 Å². The van der Waals surface area contributed by atoms with E-state index in [1.54, 1.807) is 17.0 Å². The van der Waals surface area contributed by atoms with Crippen LogP contribution in [0.1, 0.15) is 33.1 Å². The molecule has 0 N–H and O–H groups in total. The summed E-state index contributed by atoms with van der Waals surface area (Å²) >= 11 is 0. The maximum Gasteiger partial charge on any atom is 0.246 e. The number of fused-ring (bicyclic) bond motifs is 1. The molecular weight excluding hydrogens is 397 g/mol. The van der Waals surface area contributed by atoms with Crippen molar-refractivity contribution < 1.29 is 18.8 Å². The van der Waals surface area contributed by atoms with E-state index in [-0.39, 0.29) is 41.3 Å². The van der Waals surface area contributed by atoms with Gasteiger partial charge in [-0.05, 0) is 49.4 Å². The van der Waals surface area contributed by atoms with Crippen molar-refractivity contribution in [3.05, 3.63) is 42.2 Å². The van der Waals surface area contributed by atoms with Gasteiger partial charge in [0, 0.05) is 31.9 Å². The average molecular weight is 428 g/mol. The van der Waals surface area contributed by atoms with Gasteiger partial charge in [-0.1, -0.05) is 26.0 Å². The molecule has 2 aliphatic heterocycles. The molecular formula is C24H30FN3O3. The van der Waals surface area contributed by atoms with E-state index in [9.17, 15) is 18.8 Å². The molecule has 7 heteroatoms. The number of piperazine rings is 1. The smallest absolute Gasteiger partial charge is 0.246 e. The number of benzene rings is 1. The third-order valence-electron chi connectivity index (χ3n) is 6.62. The standard InChI is InChI=1S/C24H30FN3O3/c1-16(2)15-21(28-22(29)19-5-3-4-6-20(19)23(28)30)24(31)27-13-11-26(12-14-27)18-9-7-17(25)8-10-18/h3-4,7-10,16,19-21H,5-6,11-15H2,1-2H3/t19-,20-,21+/m0/s1. The molecule has 2 fully saturated rings. The lowest BCUT2D eigenvalue weighted by Crippen LogP contribution is -2.56. The van der Waals surface area contributed by atoms with Crippen LogP contribution in [-0.4, -0.2) is 59.7 Å². The molecule has 166 valence electrons. The summed E-state index contributed by atoms with van der Waals surface area (Å²) in [6.07, 6.45) is 5.55. The Hall–Kier alpha value is -2.70. The lowest BCUT2D eigenvalue weighted by Gasteiger charge is -2.39. The molecule has 3 atom stereocenters. The molecule has 2 heterocycles. The zero-order chi connectivity index (χ0) is 22.1. The molecule has 3 aliphatic rings. The van der Waals surface area contributed by atoms with Crippen molar-refractivity contribution in [2.75, 3.05) is 31.1 Å². The highest BCUT2D eigenvalue weighted by Crippen LogP contribution is 2.37. The van der Waals surface area contributed by atoms with Gasteiger partial charge in [0.15, 0.2) is 0 Å². The number of rotatable bonds is 5. The summed E-state index contributed by atoms with van der Waals surface area (Å²) in [7, 11) is 0. The van der Waals surface area contributed by atoms with Crippen molar-refractivity contribution in [2.24, 2.45) is 17.8 Å². The molecule has 0 spiro atoms. The van der Waals surface area contributed by atoms with Crippen LogP contribution in [0.2, 0.25) is 0 Å². The first-order valence-electron chi connectivity index (χ1n) is 11.2. The van der Waals surface area contributed by atoms with Crippen molar-refractivity contribution >= 4 is 23.4 Å². The summed E-state index contributed by atoms with van der Waals surface area (Å²) in [6.45, 7) is 6.29. The highest BCUT2D eigenvalue weighted by atomic mass is 19.1. The number of carbonyl (C=O) groups is 3. The lowest BCUT2D eigenvalue weighted by molar-refractivity contribution is -0.152. The fraction of sp³-hybridized carbons (Fsp3) is 0.542. The van der Waals surface area contributed by atoms with Gasteiger partial charge in [0.1, 0.15) is 11.9 Å². The second kappa shape index (κ2) is 8.81. The van der Waals surface area contributed by atoms with E-state index in [0.717, 1.165) is 5.69 Å². The Bertz CT molecular complexity index is 849. The van der Waals surface area contributed by atoms with Crippen LogP contribution in [0.15, 0.2) is 36.4 Å². The molecule has 1 aromatic rings. The number of imide groups is 1. The molecule has 0 saturated carbocycles. The Balaban J connectivity index is 1.47. The quantitative estimate of drug-likeness (QED) is 0.536. The summed E-state index contributed by atoms with van der Waals surface area (Å²) < 4.78 is 13.2. The van der Waals surface area contributed by atoms with Gasteiger partial charge in [0.2, 0.25) is 17.7 Å². The SMILES string of the molecule is CC(C)C[C@H](C(=O)N1CCN(c2ccc(F)cc2)CC1)N1C(=O)[C@H]2CC=CC[C@@H]2C1=O. The van der Waals surface area contributed by atoms with Crippen molar-refractivity contribution in [3.8, 4) is 0 Å². The number of anilines is 1. The Morgan fingerprint density at radius 2 is 1.52 bits per heavy atom. The number of hydrogen-bond acceptors (Lipinski definition) is 4. The van der Waals surface area contributed by atoms with Crippen LogP contribution in [0.5, 0.6) is 0 Å². The average Bonchev–Trinajstić information content (AvgIpc) is 3.02. The molecule has 0 radical (unpaired) electrons. The fourth-order valence-electron chi connectivity index (χ4n) is 4.94. The van der Waals surface area contributed by atoms with Crippen molar-refractivity contribution in [1.82, 2.24) is 9.80 Å². The number of hydrogen-bond donors (Lipinski definition) is 0. The van der Waals surface area contributed by atoms with Crippen LogP contribution in [0.25, 0.3) is 0 Å². The molecule has 4 rings (SSSR count). The molecule has 2 saturated heterocycles. The first-order chi connectivity index (χ1) is 14.9. The minimum absolute atomic E-state index is 0.138. The summed E-state index contributed by atoms with van der Waals surface area (Å²) in [5.41, 5.74) is 0.925.